The average molecular weight is 355 g/mol. The molecule has 4 N–H and O–H groups in total. The summed E-state index contributed by atoms with van der Waals surface area (Å²) in [6.07, 6.45) is 0.961. The maximum absolute atomic E-state index is 12.4. The topological polar surface area (TPSA) is 84.2 Å². The molecule has 2 amide bonds. The molecule has 0 heterocycles. The van der Waals surface area contributed by atoms with Crippen molar-refractivity contribution in [1.29, 1.82) is 0 Å². The second kappa shape index (κ2) is 9.34. The number of benzene rings is 2. The molecule has 2 aromatic rings. The second-order valence-electron chi connectivity index (χ2n) is 7.20. The van der Waals surface area contributed by atoms with Crippen LogP contribution in [0.3, 0.4) is 0 Å². The van der Waals surface area contributed by atoms with Crippen molar-refractivity contribution >= 4 is 22.6 Å². The van der Waals surface area contributed by atoms with Crippen molar-refractivity contribution in [3.8, 4) is 0 Å². The van der Waals surface area contributed by atoms with E-state index in [9.17, 15) is 9.59 Å². The molecule has 2 atom stereocenters. The number of hydrogen-bond donors (Lipinski definition) is 3. The minimum Gasteiger partial charge on any atom is -0.354 e. The number of carbonyl (C=O) groups is 2. The molecular formula is C21H29N3O2. The van der Waals surface area contributed by atoms with Gasteiger partial charge in [0, 0.05) is 12.6 Å². The summed E-state index contributed by atoms with van der Waals surface area (Å²) in [6, 6.07) is 13.5. The number of hydrogen-bond acceptors (Lipinski definition) is 3. The summed E-state index contributed by atoms with van der Waals surface area (Å²) in [5, 5.41) is 7.97. The van der Waals surface area contributed by atoms with Crippen LogP contribution in [0.1, 0.15) is 32.8 Å². The number of fused-ring (bicyclic) bond motifs is 1. The Labute approximate surface area is 155 Å². The third-order valence-electron chi connectivity index (χ3n) is 4.34. The number of amides is 2. The van der Waals surface area contributed by atoms with E-state index in [-0.39, 0.29) is 30.2 Å². The summed E-state index contributed by atoms with van der Waals surface area (Å²) in [7, 11) is 0. The molecule has 2 aromatic carbocycles. The molecule has 0 bridgehead atoms. The van der Waals surface area contributed by atoms with Crippen LogP contribution in [0.4, 0.5) is 0 Å². The molecule has 0 aromatic heterocycles. The van der Waals surface area contributed by atoms with E-state index < -0.39 is 6.04 Å². The minimum absolute atomic E-state index is 0.00542. The van der Waals surface area contributed by atoms with Gasteiger partial charge in [-0.3, -0.25) is 9.59 Å². The number of nitrogens with one attached hydrogen (secondary N) is 2. The molecular weight excluding hydrogens is 326 g/mol. The molecule has 5 heteroatoms. The van der Waals surface area contributed by atoms with E-state index in [1.807, 2.05) is 63.2 Å². The first kappa shape index (κ1) is 19.9. The van der Waals surface area contributed by atoms with E-state index in [1.165, 1.54) is 0 Å². The summed E-state index contributed by atoms with van der Waals surface area (Å²) in [6.45, 7) is 6.26. The molecule has 0 spiro atoms. The molecule has 0 fully saturated rings. The summed E-state index contributed by atoms with van der Waals surface area (Å²) in [4.78, 5) is 24.8. The van der Waals surface area contributed by atoms with Gasteiger partial charge in [0.25, 0.3) is 0 Å². The molecule has 0 aliphatic carbocycles. The van der Waals surface area contributed by atoms with Crippen molar-refractivity contribution in [2.75, 3.05) is 6.54 Å². The highest BCUT2D eigenvalue weighted by atomic mass is 16.2. The molecule has 2 unspecified atom stereocenters. The Kier molecular flexibility index (Phi) is 7.16. The normalized spacial score (nSPS) is 13.4. The fraction of sp³-hybridized carbons (Fsp3) is 0.429. The van der Waals surface area contributed by atoms with Crippen LogP contribution in [0, 0.1) is 5.92 Å². The Morgan fingerprint density at radius 3 is 2.38 bits per heavy atom. The molecule has 0 saturated carbocycles. The molecule has 5 nitrogen and oxygen atoms in total. The first-order valence-electron chi connectivity index (χ1n) is 9.17. The minimum atomic E-state index is -0.545. The highest BCUT2D eigenvalue weighted by Crippen LogP contribution is 2.16. The molecule has 0 aliphatic heterocycles. The van der Waals surface area contributed by atoms with Crippen molar-refractivity contribution in [2.24, 2.45) is 11.7 Å². The lowest BCUT2D eigenvalue weighted by Crippen LogP contribution is -2.50. The monoisotopic (exact) mass is 355 g/mol. The SMILES string of the molecule is CC(N)CCNC(=O)C(NC(=O)Cc1ccc2ccccc2c1)C(C)C. The Hall–Kier alpha value is -2.40. The molecule has 26 heavy (non-hydrogen) atoms. The smallest absolute Gasteiger partial charge is 0.242 e. The summed E-state index contributed by atoms with van der Waals surface area (Å²) in [5.41, 5.74) is 6.63. The van der Waals surface area contributed by atoms with Crippen LogP contribution in [-0.4, -0.2) is 30.4 Å². The van der Waals surface area contributed by atoms with E-state index in [1.54, 1.807) is 0 Å². The molecule has 140 valence electrons. The summed E-state index contributed by atoms with van der Waals surface area (Å²) < 4.78 is 0. The largest absolute Gasteiger partial charge is 0.354 e. The van der Waals surface area contributed by atoms with Gasteiger partial charge in [-0.1, -0.05) is 56.3 Å². The van der Waals surface area contributed by atoms with Gasteiger partial charge in [-0.05, 0) is 35.6 Å². The van der Waals surface area contributed by atoms with Crippen LogP contribution in [-0.2, 0) is 16.0 Å². The Balaban J connectivity index is 1.96. The van der Waals surface area contributed by atoms with Crippen LogP contribution >= 0.6 is 0 Å². The Morgan fingerprint density at radius 2 is 1.73 bits per heavy atom. The van der Waals surface area contributed by atoms with Crippen LogP contribution in [0.25, 0.3) is 10.8 Å². The average Bonchev–Trinajstić information content (AvgIpc) is 2.58. The Morgan fingerprint density at radius 1 is 1.04 bits per heavy atom. The van der Waals surface area contributed by atoms with Crippen LogP contribution in [0.15, 0.2) is 42.5 Å². The van der Waals surface area contributed by atoms with Crippen molar-refractivity contribution in [3.63, 3.8) is 0 Å². The van der Waals surface area contributed by atoms with Crippen LogP contribution in [0.5, 0.6) is 0 Å². The highest BCUT2D eigenvalue weighted by Gasteiger charge is 2.23. The predicted molar refractivity (Wildman–Crippen MR) is 106 cm³/mol. The maximum atomic E-state index is 12.4. The van der Waals surface area contributed by atoms with Gasteiger partial charge in [0.05, 0.1) is 6.42 Å². The molecule has 2 rings (SSSR count). The first-order valence-corrected chi connectivity index (χ1v) is 9.17. The lowest BCUT2D eigenvalue weighted by molar-refractivity contribution is -0.129. The summed E-state index contributed by atoms with van der Waals surface area (Å²) >= 11 is 0. The molecule has 0 saturated heterocycles. The Bertz CT molecular complexity index is 756. The van der Waals surface area contributed by atoms with E-state index >= 15 is 0 Å². The van der Waals surface area contributed by atoms with Gasteiger partial charge in [-0.15, -0.1) is 0 Å². The van der Waals surface area contributed by atoms with E-state index in [2.05, 4.69) is 10.6 Å². The van der Waals surface area contributed by atoms with Gasteiger partial charge in [-0.25, -0.2) is 0 Å². The zero-order valence-electron chi connectivity index (χ0n) is 15.8. The summed E-state index contributed by atoms with van der Waals surface area (Å²) in [5.74, 6) is -0.306. The third-order valence-corrected chi connectivity index (χ3v) is 4.34. The number of nitrogens with two attached hydrogens (primary N) is 1. The van der Waals surface area contributed by atoms with Gasteiger partial charge in [-0.2, -0.15) is 0 Å². The van der Waals surface area contributed by atoms with Gasteiger partial charge in [0.1, 0.15) is 6.04 Å². The van der Waals surface area contributed by atoms with Gasteiger partial charge in [0.2, 0.25) is 11.8 Å². The zero-order chi connectivity index (χ0) is 19.1. The van der Waals surface area contributed by atoms with E-state index in [4.69, 9.17) is 5.73 Å². The number of rotatable bonds is 8. The standard InChI is InChI=1S/C21H29N3O2/c1-14(2)20(21(26)23-11-10-15(3)22)24-19(25)13-16-8-9-17-6-4-5-7-18(17)12-16/h4-9,12,14-15,20H,10-11,13,22H2,1-3H3,(H,23,26)(H,24,25). The van der Waals surface area contributed by atoms with Crippen LogP contribution in [0.2, 0.25) is 0 Å². The third kappa shape index (κ3) is 5.85. The molecule has 0 aliphatic rings. The van der Waals surface area contributed by atoms with E-state index in [0.29, 0.717) is 13.0 Å². The zero-order valence-corrected chi connectivity index (χ0v) is 15.8. The van der Waals surface area contributed by atoms with Crippen LogP contribution < -0.4 is 16.4 Å². The van der Waals surface area contributed by atoms with Gasteiger partial charge in [0.15, 0.2) is 0 Å². The molecule has 0 radical (unpaired) electrons. The van der Waals surface area contributed by atoms with E-state index in [0.717, 1.165) is 16.3 Å². The van der Waals surface area contributed by atoms with Crippen molar-refractivity contribution in [3.05, 3.63) is 48.0 Å². The predicted octanol–water partition coefficient (Wildman–Crippen LogP) is 2.38. The first-order chi connectivity index (χ1) is 12.4. The number of carbonyl (C=O) groups excluding carboxylic acids is 2. The lowest BCUT2D eigenvalue weighted by atomic mass is 10.0. The van der Waals surface area contributed by atoms with Crippen molar-refractivity contribution in [1.82, 2.24) is 10.6 Å². The fourth-order valence-corrected chi connectivity index (χ4v) is 2.83. The van der Waals surface area contributed by atoms with Crippen molar-refractivity contribution < 1.29 is 9.59 Å². The lowest BCUT2D eigenvalue weighted by Gasteiger charge is -2.22. The van der Waals surface area contributed by atoms with Gasteiger partial charge < -0.3 is 16.4 Å². The fourth-order valence-electron chi connectivity index (χ4n) is 2.83. The quantitative estimate of drug-likeness (QED) is 0.680. The second-order valence-corrected chi connectivity index (χ2v) is 7.20. The van der Waals surface area contributed by atoms with Crippen molar-refractivity contribution in [2.45, 2.75) is 45.7 Å². The highest BCUT2D eigenvalue weighted by molar-refractivity contribution is 5.89. The van der Waals surface area contributed by atoms with Gasteiger partial charge >= 0.3 is 0 Å². The maximum Gasteiger partial charge on any atom is 0.242 e.